The van der Waals surface area contributed by atoms with Crippen molar-refractivity contribution in [2.45, 2.75) is 26.4 Å². The largest absolute Gasteiger partial charge is 0.464 e. The third-order valence-corrected chi connectivity index (χ3v) is 3.67. The molecule has 0 saturated heterocycles. The van der Waals surface area contributed by atoms with Crippen LogP contribution in [0.3, 0.4) is 0 Å². The summed E-state index contributed by atoms with van der Waals surface area (Å²) in [6, 6.07) is 14.4. The molecule has 5 heteroatoms. The van der Waals surface area contributed by atoms with Crippen LogP contribution in [-0.4, -0.2) is 23.6 Å². The van der Waals surface area contributed by atoms with E-state index in [9.17, 15) is 14.7 Å². The molecule has 1 unspecified atom stereocenters. The average Bonchev–Trinajstić information content (AvgIpc) is 2.55. The van der Waals surface area contributed by atoms with Crippen LogP contribution in [0, 0.1) is 0 Å². The van der Waals surface area contributed by atoms with Crippen LogP contribution in [0.1, 0.15) is 26.3 Å². The van der Waals surface area contributed by atoms with Gasteiger partial charge in [0.1, 0.15) is 0 Å². The fourth-order valence-corrected chi connectivity index (χ4v) is 2.40. The maximum atomic E-state index is 11.9. The first-order chi connectivity index (χ1) is 11.4. The van der Waals surface area contributed by atoms with Crippen LogP contribution in [0.5, 0.6) is 0 Å². The van der Waals surface area contributed by atoms with Gasteiger partial charge in [-0.2, -0.15) is 0 Å². The number of hydrogen-bond acceptors (Lipinski definition) is 4. The summed E-state index contributed by atoms with van der Waals surface area (Å²) in [6.45, 7) is 4.76. The van der Waals surface area contributed by atoms with Crippen LogP contribution in [0.25, 0.3) is 11.1 Å². The molecule has 2 rings (SSSR count). The lowest BCUT2D eigenvalue weighted by atomic mass is 9.93. The first-order valence-corrected chi connectivity index (χ1v) is 7.73. The second-order valence-corrected chi connectivity index (χ2v) is 5.60. The monoisotopic (exact) mass is 327 g/mol. The number of carbonyl (C=O) groups excluding carboxylic acids is 2. The Morgan fingerprint density at radius 1 is 1.12 bits per heavy atom. The van der Waals surface area contributed by atoms with Crippen LogP contribution in [0.15, 0.2) is 48.5 Å². The summed E-state index contributed by atoms with van der Waals surface area (Å²) >= 11 is 0. The lowest BCUT2D eigenvalue weighted by molar-refractivity contribution is -0.164. The minimum absolute atomic E-state index is 0.149. The number of esters is 1. The predicted octanol–water partition coefficient (Wildman–Crippen LogP) is 3.08. The highest BCUT2D eigenvalue weighted by Gasteiger charge is 2.33. The van der Waals surface area contributed by atoms with Crippen molar-refractivity contribution >= 4 is 17.6 Å². The molecule has 0 aliphatic carbocycles. The van der Waals surface area contributed by atoms with Crippen molar-refractivity contribution < 1.29 is 19.4 Å². The number of hydrogen-bond donors (Lipinski definition) is 2. The maximum Gasteiger partial charge on any atom is 0.342 e. The van der Waals surface area contributed by atoms with Crippen LogP contribution in [0.2, 0.25) is 0 Å². The van der Waals surface area contributed by atoms with Crippen LogP contribution in [0.4, 0.5) is 5.69 Å². The van der Waals surface area contributed by atoms with Gasteiger partial charge in [-0.25, -0.2) is 4.79 Å². The zero-order valence-corrected chi connectivity index (χ0v) is 14.0. The summed E-state index contributed by atoms with van der Waals surface area (Å²) in [5.41, 5.74) is 1.17. The fraction of sp³-hybridized carbons (Fsp3) is 0.263. The molecule has 0 saturated carbocycles. The van der Waals surface area contributed by atoms with Gasteiger partial charge < -0.3 is 15.2 Å². The Morgan fingerprint density at radius 2 is 1.75 bits per heavy atom. The van der Waals surface area contributed by atoms with E-state index in [-0.39, 0.29) is 12.5 Å². The molecule has 5 nitrogen and oxygen atoms in total. The minimum Gasteiger partial charge on any atom is -0.464 e. The molecular weight excluding hydrogens is 306 g/mol. The summed E-state index contributed by atoms with van der Waals surface area (Å²) in [4.78, 5) is 23.2. The smallest absolute Gasteiger partial charge is 0.342 e. The molecule has 0 radical (unpaired) electrons. The first-order valence-electron chi connectivity index (χ1n) is 7.73. The molecular formula is C19H21NO4. The van der Waals surface area contributed by atoms with E-state index in [2.05, 4.69) is 5.32 Å². The zero-order valence-electron chi connectivity index (χ0n) is 14.0. The molecule has 1 amide bonds. The molecule has 126 valence electrons. The van der Waals surface area contributed by atoms with Crippen molar-refractivity contribution in [3.05, 3.63) is 54.1 Å². The number of nitrogens with one attached hydrogen (secondary N) is 1. The van der Waals surface area contributed by atoms with E-state index in [0.29, 0.717) is 11.3 Å². The van der Waals surface area contributed by atoms with Crippen molar-refractivity contribution in [1.29, 1.82) is 0 Å². The van der Waals surface area contributed by atoms with Gasteiger partial charge in [-0.3, -0.25) is 4.79 Å². The van der Waals surface area contributed by atoms with Gasteiger partial charge in [-0.05, 0) is 31.0 Å². The number of ether oxygens (including phenoxy) is 1. The number of benzene rings is 2. The molecule has 2 aromatic rings. The molecule has 2 N–H and O–H groups in total. The Hall–Kier alpha value is -2.66. The molecule has 0 fully saturated rings. The van der Waals surface area contributed by atoms with Gasteiger partial charge in [0.25, 0.3) is 0 Å². The minimum atomic E-state index is -1.70. The molecule has 1 atom stereocenters. The first kappa shape index (κ1) is 17.7. The molecule has 0 aliphatic heterocycles. The van der Waals surface area contributed by atoms with E-state index in [0.717, 1.165) is 11.1 Å². The van der Waals surface area contributed by atoms with E-state index < -0.39 is 11.6 Å². The van der Waals surface area contributed by atoms with Gasteiger partial charge >= 0.3 is 5.97 Å². The molecule has 0 bridgehead atoms. The Morgan fingerprint density at radius 3 is 2.33 bits per heavy atom. The standard InChI is InChI=1S/C19H21NO4/c1-4-24-18(22)19(3,23)15-11-9-14(10-12-15)16-7-5-6-8-17(16)20-13(2)21/h5-12,23H,4H2,1-3H3,(H,20,21). The number of aliphatic hydroxyl groups is 1. The van der Waals surface area contributed by atoms with Gasteiger partial charge in [-0.15, -0.1) is 0 Å². The van der Waals surface area contributed by atoms with Gasteiger partial charge in [0.15, 0.2) is 5.60 Å². The molecule has 0 spiro atoms. The molecule has 0 aliphatic rings. The summed E-state index contributed by atoms with van der Waals surface area (Å²) < 4.78 is 4.90. The van der Waals surface area contributed by atoms with E-state index in [1.807, 2.05) is 24.3 Å². The lowest BCUT2D eigenvalue weighted by Crippen LogP contribution is -2.34. The zero-order chi connectivity index (χ0) is 17.7. The van der Waals surface area contributed by atoms with Gasteiger partial charge in [-0.1, -0.05) is 42.5 Å². The van der Waals surface area contributed by atoms with Crippen molar-refractivity contribution in [2.75, 3.05) is 11.9 Å². The normalized spacial score (nSPS) is 13.0. The highest BCUT2D eigenvalue weighted by molar-refractivity contribution is 5.94. The molecule has 24 heavy (non-hydrogen) atoms. The number of anilines is 1. The molecule has 0 heterocycles. The van der Waals surface area contributed by atoms with Crippen molar-refractivity contribution in [1.82, 2.24) is 0 Å². The topological polar surface area (TPSA) is 75.6 Å². The predicted molar refractivity (Wildman–Crippen MR) is 92.4 cm³/mol. The highest BCUT2D eigenvalue weighted by Crippen LogP contribution is 2.30. The Bertz CT molecular complexity index is 735. The Labute approximate surface area is 141 Å². The van der Waals surface area contributed by atoms with Crippen molar-refractivity contribution in [3.63, 3.8) is 0 Å². The number of carbonyl (C=O) groups is 2. The summed E-state index contributed by atoms with van der Waals surface area (Å²) in [5, 5.41) is 13.2. The van der Waals surface area contributed by atoms with Crippen molar-refractivity contribution in [3.8, 4) is 11.1 Å². The fourth-order valence-electron chi connectivity index (χ4n) is 2.40. The van der Waals surface area contributed by atoms with E-state index in [4.69, 9.17) is 4.74 Å². The summed E-state index contributed by atoms with van der Waals surface area (Å²) in [5.74, 6) is -0.833. The lowest BCUT2D eigenvalue weighted by Gasteiger charge is -2.21. The van der Waals surface area contributed by atoms with Gasteiger partial charge in [0, 0.05) is 18.2 Å². The summed E-state index contributed by atoms with van der Waals surface area (Å²) in [7, 11) is 0. The van der Waals surface area contributed by atoms with Crippen LogP contribution in [-0.2, 0) is 19.9 Å². The highest BCUT2D eigenvalue weighted by atomic mass is 16.5. The number of rotatable bonds is 5. The molecule has 0 aromatic heterocycles. The van der Waals surface area contributed by atoms with Crippen LogP contribution < -0.4 is 5.32 Å². The van der Waals surface area contributed by atoms with E-state index in [1.165, 1.54) is 13.8 Å². The molecule has 2 aromatic carbocycles. The van der Waals surface area contributed by atoms with E-state index in [1.54, 1.807) is 31.2 Å². The SMILES string of the molecule is CCOC(=O)C(C)(O)c1ccc(-c2ccccc2NC(C)=O)cc1. The van der Waals surface area contributed by atoms with Gasteiger partial charge in [0.05, 0.1) is 6.61 Å². The third-order valence-electron chi connectivity index (χ3n) is 3.67. The average molecular weight is 327 g/mol. The number of amides is 1. The van der Waals surface area contributed by atoms with E-state index >= 15 is 0 Å². The summed E-state index contributed by atoms with van der Waals surface area (Å²) in [6.07, 6.45) is 0. The van der Waals surface area contributed by atoms with Crippen LogP contribution >= 0.6 is 0 Å². The quantitative estimate of drug-likeness (QED) is 0.828. The number of para-hydroxylation sites is 1. The van der Waals surface area contributed by atoms with Crippen molar-refractivity contribution in [2.24, 2.45) is 0 Å². The second-order valence-electron chi connectivity index (χ2n) is 5.60. The second kappa shape index (κ2) is 7.27. The van der Waals surface area contributed by atoms with Gasteiger partial charge in [0.2, 0.25) is 5.91 Å². The third kappa shape index (κ3) is 3.81. The maximum absolute atomic E-state index is 11.9. The Kier molecular flexibility index (Phi) is 5.36. The Balaban J connectivity index is 2.34.